The number of hydrogen-bond acceptors (Lipinski definition) is 3. The van der Waals surface area contributed by atoms with Gasteiger partial charge in [-0.15, -0.1) is 0 Å². The van der Waals surface area contributed by atoms with E-state index in [2.05, 4.69) is 16.0 Å². The van der Waals surface area contributed by atoms with Crippen molar-refractivity contribution in [3.8, 4) is 0 Å². The zero-order valence-corrected chi connectivity index (χ0v) is 14.4. The van der Waals surface area contributed by atoms with Crippen LogP contribution in [0.15, 0.2) is 48.5 Å². The standard InChI is InChI=1S/C18H20ClN3O2/c1-12(2)18(24)22-16-8-4-7-15(10-16)21-17(23)11-20-14-6-3-5-13(19)9-14/h3-10,12,20H,11H2,1-2H3,(H,21,23)(H,22,24). The van der Waals surface area contributed by atoms with Gasteiger partial charge < -0.3 is 16.0 Å². The highest BCUT2D eigenvalue weighted by Crippen LogP contribution is 2.17. The second-order valence-corrected chi connectivity index (χ2v) is 6.07. The van der Waals surface area contributed by atoms with Gasteiger partial charge in [-0.3, -0.25) is 9.59 Å². The van der Waals surface area contributed by atoms with Crippen LogP contribution in [0.4, 0.5) is 17.1 Å². The van der Waals surface area contributed by atoms with Crippen LogP contribution in [-0.4, -0.2) is 18.4 Å². The van der Waals surface area contributed by atoms with Gasteiger partial charge in [-0.1, -0.05) is 37.6 Å². The Bertz CT molecular complexity index is 732. The van der Waals surface area contributed by atoms with Crippen LogP contribution in [0.3, 0.4) is 0 Å². The summed E-state index contributed by atoms with van der Waals surface area (Å²) in [4.78, 5) is 23.7. The smallest absolute Gasteiger partial charge is 0.243 e. The lowest BCUT2D eigenvalue weighted by atomic mass is 10.2. The largest absolute Gasteiger partial charge is 0.376 e. The van der Waals surface area contributed by atoms with Crippen LogP contribution >= 0.6 is 11.6 Å². The fraction of sp³-hybridized carbons (Fsp3) is 0.222. The molecule has 5 nitrogen and oxygen atoms in total. The van der Waals surface area contributed by atoms with Crippen molar-refractivity contribution in [3.05, 3.63) is 53.6 Å². The molecule has 0 fully saturated rings. The summed E-state index contributed by atoms with van der Waals surface area (Å²) >= 11 is 5.90. The van der Waals surface area contributed by atoms with Crippen LogP contribution in [0, 0.1) is 5.92 Å². The number of carbonyl (C=O) groups excluding carboxylic acids is 2. The monoisotopic (exact) mass is 345 g/mol. The van der Waals surface area contributed by atoms with Gasteiger partial charge in [0.05, 0.1) is 6.54 Å². The third-order valence-corrected chi connectivity index (χ3v) is 3.45. The van der Waals surface area contributed by atoms with E-state index < -0.39 is 0 Å². The van der Waals surface area contributed by atoms with Crippen molar-refractivity contribution in [2.24, 2.45) is 5.92 Å². The topological polar surface area (TPSA) is 70.2 Å². The van der Waals surface area contributed by atoms with Crippen LogP contribution in [-0.2, 0) is 9.59 Å². The van der Waals surface area contributed by atoms with Gasteiger partial charge in [-0.05, 0) is 36.4 Å². The molecule has 0 aliphatic rings. The maximum absolute atomic E-state index is 12.0. The highest BCUT2D eigenvalue weighted by atomic mass is 35.5. The highest BCUT2D eigenvalue weighted by molar-refractivity contribution is 6.30. The number of hydrogen-bond donors (Lipinski definition) is 3. The average Bonchev–Trinajstić information content (AvgIpc) is 2.53. The van der Waals surface area contributed by atoms with Crippen LogP contribution in [0.2, 0.25) is 5.02 Å². The Morgan fingerprint density at radius 1 is 0.958 bits per heavy atom. The van der Waals surface area contributed by atoms with Gasteiger partial charge in [0.1, 0.15) is 0 Å². The fourth-order valence-corrected chi connectivity index (χ4v) is 2.14. The van der Waals surface area contributed by atoms with Crippen molar-refractivity contribution in [3.63, 3.8) is 0 Å². The SMILES string of the molecule is CC(C)C(=O)Nc1cccc(NC(=O)CNc2cccc(Cl)c2)c1. The van der Waals surface area contributed by atoms with E-state index in [0.29, 0.717) is 16.4 Å². The predicted molar refractivity (Wildman–Crippen MR) is 98.5 cm³/mol. The third kappa shape index (κ3) is 5.59. The van der Waals surface area contributed by atoms with Gasteiger partial charge in [-0.2, -0.15) is 0 Å². The highest BCUT2D eigenvalue weighted by Gasteiger charge is 2.08. The average molecular weight is 346 g/mol. The fourth-order valence-electron chi connectivity index (χ4n) is 1.95. The number of anilines is 3. The zero-order valence-electron chi connectivity index (χ0n) is 13.6. The Kier molecular flexibility index (Phi) is 6.21. The first-order chi connectivity index (χ1) is 11.4. The van der Waals surface area contributed by atoms with Gasteiger partial charge in [-0.25, -0.2) is 0 Å². The molecule has 0 unspecified atom stereocenters. The molecule has 0 heterocycles. The summed E-state index contributed by atoms with van der Waals surface area (Å²) in [6, 6.07) is 14.2. The molecule has 0 aromatic heterocycles. The van der Waals surface area contributed by atoms with Gasteiger partial charge >= 0.3 is 0 Å². The minimum atomic E-state index is -0.192. The summed E-state index contributed by atoms with van der Waals surface area (Å²) in [6.07, 6.45) is 0. The molecule has 126 valence electrons. The van der Waals surface area contributed by atoms with Crippen molar-refractivity contribution in [2.75, 3.05) is 22.5 Å². The van der Waals surface area contributed by atoms with Crippen LogP contribution in [0.5, 0.6) is 0 Å². The second-order valence-electron chi connectivity index (χ2n) is 5.64. The number of benzene rings is 2. The lowest BCUT2D eigenvalue weighted by Crippen LogP contribution is -2.22. The molecular formula is C18H20ClN3O2. The maximum Gasteiger partial charge on any atom is 0.243 e. The molecule has 0 spiro atoms. The van der Waals surface area contributed by atoms with Crippen molar-refractivity contribution >= 4 is 40.5 Å². The Balaban J connectivity index is 1.90. The lowest BCUT2D eigenvalue weighted by Gasteiger charge is -2.11. The molecule has 0 atom stereocenters. The molecule has 0 saturated heterocycles. The van der Waals surface area contributed by atoms with Gasteiger partial charge in [0, 0.05) is 28.0 Å². The second kappa shape index (κ2) is 8.36. The molecular weight excluding hydrogens is 326 g/mol. The van der Waals surface area contributed by atoms with E-state index in [1.54, 1.807) is 36.4 Å². The molecule has 2 aromatic carbocycles. The van der Waals surface area contributed by atoms with E-state index in [1.165, 1.54) is 0 Å². The maximum atomic E-state index is 12.0. The minimum absolute atomic E-state index is 0.0684. The summed E-state index contributed by atoms with van der Waals surface area (Å²) in [7, 11) is 0. The quantitative estimate of drug-likeness (QED) is 0.741. The van der Waals surface area contributed by atoms with E-state index >= 15 is 0 Å². The molecule has 2 aromatic rings. The number of carbonyl (C=O) groups is 2. The predicted octanol–water partition coefficient (Wildman–Crippen LogP) is 3.99. The molecule has 6 heteroatoms. The Labute approximate surface area is 146 Å². The number of amides is 2. The molecule has 24 heavy (non-hydrogen) atoms. The van der Waals surface area contributed by atoms with Crippen molar-refractivity contribution in [2.45, 2.75) is 13.8 Å². The van der Waals surface area contributed by atoms with E-state index in [4.69, 9.17) is 11.6 Å². The summed E-state index contributed by atoms with van der Waals surface area (Å²) < 4.78 is 0. The molecule has 2 amide bonds. The van der Waals surface area contributed by atoms with Crippen LogP contribution < -0.4 is 16.0 Å². The normalized spacial score (nSPS) is 10.3. The van der Waals surface area contributed by atoms with Gasteiger partial charge in [0.15, 0.2) is 0 Å². The van der Waals surface area contributed by atoms with Gasteiger partial charge in [0.25, 0.3) is 0 Å². The Hall–Kier alpha value is -2.53. The van der Waals surface area contributed by atoms with E-state index in [0.717, 1.165) is 5.69 Å². The first kappa shape index (κ1) is 17.8. The summed E-state index contributed by atoms with van der Waals surface area (Å²) in [5.74, 6) is -0.367. The summed E-state index contributed by atoms with van der Waals surface area (Å²) in [6.45, 7) is 3.76. The van der Waals surface area contributed by atoms with Gasteiger partial charge in [0.2, 0.25) is 11.8 Å². The van der Waals surface area contributed by atoms with Crippen molar-refractivity contribution < 1.29 is 9.59 Å². The molecule has 0 saturated carbocycles. The number of nitrogens with one attached hydrogen (secondary N) is 3. The number of halogens is 1. The Morgan fingerprint density at radius 3 is 2.25 bits per heavy atom. The third-order valence-electron chi connectivity index (χ3n) is 3.22. The summed E-state index contributed by atoms with van der Waals surface area (Å²) in [5, 5.41) is 9.19. The molecule has 0 bridgehead atoms. The lowest BCUT2D eigenvalue weighted by molar-refractivity contribution is -0.119. The van der Waals surface area contributed by atoms with Crippen molar-refractivity contribution in [1.29, 1.82) is 0 Å². The first-order valence-electron chi connectivity index (χ1n) is 7.64. The first-order valence-corrected chi connectivity index (χ1v) is 8.02. The van der Waals surface area contributed by atoms with Crippen LogP contribution in [0.25, 0.3) is 0 Å². The molecule has 0 aliphatic carbocycles. The minimum Gasteiger partial charge on any atom is -0.376 e. The van der Waals surface area contributed by atoms with E-state index in [-0.39, 0.29) is 24.3 Å². The van der Waals surface area contributed by atoms with E-state index in [9.17, 15) is 9.59 Å². The summed E-state index contributed by atoms with van der Waals surface area (Å²) in [5.41, 5.74) is 2.04. The molecule has 0 aliphatic heterocycles. The zero-order chi connectivity index (χ0) is 17.5. The molecule has 2 rings (SSSR count). The molecule has 0 radical (unpaired) electrons. The Morgan fingerprint density at radius 2 is 1.58 bits per heavy atom. The van der Waals surface area contributed by atoms with Crippen LogP contribution in [0.1, 0.15) is 13.8 Å². The van der Waals surface area contributed by atoms with E-state index in [1.807, 2.05) is 26.0 Å². The van der Waals surface area contributed by atoms with Crippen molar-refractivity contribution in [1.82, 2.24) is 0 Å². The number of rotatable bonds is 6. The molecule has 3 N–H and O–H groups in total.